The van der Waals surface area contributed by atoms with E-state index in [0.29, 0.717) is 42.7 Å². The minimum atomic E-state index is -4.83. The van der Waals surface area contributed by atoms with Gasteiger partial charge in [-0.1, -0.05) is 18.5 Å². The van der Waals surface area contributed by atoms with Gasteiger partial charge >= 0.3 is 6.18 Å². The molecule has 1 unspecified atom stereocenters. The number of benzene rings is 1. The first-order valence-electron chi connectivity index (χ1n) is 11.2. The molecule has 0 spiro atoms. The van der Waals surface area contributed by atoms with Gasteiger partial charge in [-0.3, -0.25) is 9.59 Å². The number of rotatable bonds is 7. The van der Waals surface area contributed by atoms with Gasteiger partial charge in [0.15, 0.2) is 6.23 Å². The van der Waals surface area contributed by atoms with Crippen LogP contribution in [0.25, 0.3) is 0 Å². The van der Waals surface area contributed by atoms with E-state index < -0.39 is 40.7 Å². The number of ketones is 1. The number of carbonyl (C=O) groups excluding carboxylic acids is 1. The zero-order valence-corrected chi connectivity index (χ0v) is 20.1. The number of imidazole rings is 1. The van der Waals surface area contributed by atoms with Crippen LogP contribution in [0.4, 0.5) is 23.2 Å². The second-order valence-corrected chi connectivity index (χ2v) is 8.44. The normalized spacial score (nSPS) is 14.6. The second kappa shape index (κ2) is 10.0. The van der Waals surface area contributed by atoms with Gasteiger partial charge in [0.2, 0.25) is 5.78 Å². The quantitative estimate of drug-likeness (QED) is 0.334. The zero-order chi connectivity index (χ0) is 26.2. The molecule has 0 fully saturated rings. The number of hydrogen-bond acceptors (Lipinski definition) is 6. The van der Waals surface area contributed by atoms with E-state index in [1.807, 2.05) is 6.92 Å². The Kier molecular flexibility index (Phi) is 7.19. The van der Waals surface area contributed by atoms with Gasteiger partial charge in [0.1, 0.15) is 22.4 Å². The van der Waals surface area contributed by atoms with Crippen LogP contribution in [-0.2, 0) is 24.0 Å². The third-order valence-corrected chi connectivity index (χ3v) is 6.23. The van der Waals surface area contributed by atoms with Crippen molar-refractivity contribution in [1.82, 2.24) is 19.3 Å². The smallest absolute Gasteiger partial charge is 0.360 e. The third kappa shape index (κ3) is 4.74. The van der Waals surface area contributed by atoms with Gasteiger partial charge in [-0.15, -0.1) is 0 Å². The standard InChI is InChI=1S/C23H22ClF4N5O3/c1-3-19(36-4-2)33-22(35)20(24)16(11-30-33)31-7-8-32-17(10-29-18(32)12-31)21(34)14-9-13(25)5-6-15(14)23(26,27)28/h5-6,9-11,19H,3-4,7-8,12H2,1-2H3. The molecular formula is C23H22ClF4N5O3. The van der Waals surface area contributed by atoms with Crippen molar-refractivity contribution in [3.8, 4) is 0 Å². The van der Waals surface area contributed by atoms with Gasteiger partial charge in [0.25, 0.3) is 5.56 Å². The van der Waals surface area contributed by atoms with E-state index in [1.54, 1.807) is 11.8 Å². The molecule has 2 aromatic heterocycles. The number of nitrogens with zero attached hydrogens (tertiary/aromatic N) is 5. The predicted octanol–water partition coefficient (Wildman–Crippen LogP) is 4.45. The third-order valence-electron chi connectivity index (χ3n) is 5.88. The van der Waals surface area contributed by atoms with Crippen LogP contribution in [0.1, 0.15) is 53.9 Å². The van der Waals surface area contributed by atoms with Gasteiger partial charge in [-0.25, -0.2) is 9.37 Å². The van der Waals surface area contributed by atoms with E-state index >= 15 is 0 Å². The molecule has 1 atom stereocenters. The molecule has 0 aliphatic carbocycles. The summed E-state index contributed by atoms with van der Waals surface area (Å²) >= 11 is 6.38. The number of carbonyl (C=O) groups is 1. The fraction of sp³-hybridized carbons (Fsp3) is 0.391. The van der Waals surface area contributed by atoms with Gasteiger partial charge in [0.05, 0.1) is 30.2 Å². The Bertz CT molecular complexity index is 1350. The SMILES string of the molecule is CCOC(CC)n1ncc(N2CCn3c(C(=O)c4cc(F)ccc4C(F)(F)F)cnc3C2)c(Cl)c1=O. The molecule has 4 rings (SSSR count). The number of ether oxygens (including phenoxy) is 1. The lowest BCUT2D eigenvalue weighted by Crippen LogP contribution is -2.37. The van der Waals surface area contributed by atoms with Gasteiger partial charge in [-0.2, -0.15) is 23.0 Å². The summed E-state index contributed by atoms with van der Waals surface area (Å²) < 4.78 is 62.2. The maximum Gasteiger partial charge on any atom is 0.417 e. The van der Waals surface area contributed by atoms with E-state index in [4.69, 9.17) is 16.3 Å². The van der Waals surface area contributed by atoms with Crippen molar-refractivity contribution < 1.29 is 27.1 Å². The van der Waals surface area contributed by atoms with E-state index in [9.17, 15) is 27.2 Å². The number of aromatic nitrogens is 4. The summed E-state index contributed by atoms with van der Waals surface area (Å²) in [6.07, 6.45) is -2.28. The summed E-state index contributed by atoms with van der Waals surface area (Å²) in [7, 11) is 0. The van der Waals surface area contributed by atoms with Gasteiger partial charge < -0.3 is 14.2 Å². The molecule has 3 heterocycles. The lowest BCUT2D eigenvalue weighted by Gasteiger charge is -2.30. The van der Waals surface area contributed by atoms with Crippen molar-refractivity contribution in [2.45, 2.75) is 45.8 Å². The lowest BCUT2D eigenvalue weighted by molar-refractivity contribution is -0.137. The highest BCUT2D eigenvalue weighted by Crippen LogP contribution is 2.34. The molecule has 1 aliphatic heterocycles. The Hall–Kier alpha value is -3.25. The first-order chi connectivity index (χ1) is 17.1. The molecule has 0 bridgehead atoms. The number of halogens is 5. The second-order valence-electron chi connectivity index (χ2n) is 8.06. The van der Waals surface area contributed by atoms with Crippen molar-refractivity contribution in [2.75, 3.05) is 18.1 Å². The van der Waals surface area contributed by atoms with Crippen molar-refractivity contribution in [2.24, 2.45) is 0 Å². The topological polar surface area (TPSA) is 82.2 Å². The summed E-state index contributed by atoms with van der Waals surface area (Å²) in [4.78, 5) is 31.7. The van der Waals surface area contributed by atoms with E-state index in [1.165, 1.54) is 15.4 Å². The largest absolute Gasteiger partial charge is 0.417 e. The van der Waals surface area contributed by atoms with Crippen LogP contribution in [0.5, 0.6) is 0 Å². The Balaban J connectivity index is 1.63. The van der Waals surface area contributed by atoms with E-state index in [-0.39, 0.29) is 30.4 Å². The maximum absolute atomic E-state index is 13.7. The zero-order valence-electron chi connectivity index (χ0n) is 19.4. The summed E-state index contributed by atoms with van der Waals surface area (Å²) in [5.41, 5.74) is -2.27. The average molecular weight is 528 g/mol. The van der Waals surface area contributed by atoms with Crippen LogP contribution in [0.3, 0.4) is 0 Å². The number of alkyl halides is 3. The highest BCUT2D eigenvalue weighted by Gasteiger charge is 2.37. The molecule has 8 nitrogen and oxygen atoms in total. The van der Waals surface area contributed by atoms with Gasteiger partial charge in [-0.05, 0) is 31.5 Å². The first-order valence-corrected chi connectivity index (χ1v) is 11.5. The molecule has 0 radical (unpaired) electrons. The highest BCUT2D eigenvalue weighted by atomic mass is 35.5. The first kappa shape index (κ1) is 25.8. The highest BCUT2D eigenvalue weighted by molar-refractivity contribution is 6.33. The van der Waals surface area contributed by atoms with E-state index in [0.717, 1.165) is 6.20 Å². The van der Waals surface area contributed by atoms with Crippen LogP contribution in [-0.4, -0.2) is 38.3 Å². The summed E-state index contributed by atoms with van der Waals surface area (Å²) in [5, 5.41) is 4.14. The summed E-state index contributed by atoms with van der Waals surface area (Å²) in [6.45, 7) is 4.60. The molecule has 13 heteroatoms. The van der Waals surface area contributed by atoms with Crippen LogP contribution in [0, 0.1) is 5.82 Å². The Morgan fingerprint density at radius 2 is 1.97 bits per heavy atom. The van der Waals surface area contributed by atoms with Gasteiger partial charge in [0, 0.05) is 25.3 Å². The molecule has 0 amide bonds. The summed E-state index contributed by atoms with van der Waals surface area (Å²) in [5.74, 6) is -1.57. The van der Waals surface area contributed by atoms with Crippen molar-refractivity contribution >= 4 is 23.1 Å². The van der Waals surface area contributed by atoms with Crippen molar-refractivity contribution in [3.63, 3.8) is 0 Å². The van der Waals surface area contributed by atoms with Crippen LogP contribution in [0.15, 0.2) is 35.4 Å². The molecule has 36 heavy (non-hydrogen) atoms. The Morgan fingerprint density at radius 3 is 2.64 bits per heavy atom. The van der Waals surface area contributed by atoms with E-state index in [2.05, 4.69) is 10.1 Å². The Labute approximate surface area is 208 Å². The minimum Gasteiger partial charge on any atom is -0.360 e. The molecule has 3 aromatic rings. The average Bonchev–Trinajstić information content (AvgIpc) is 3.26. The molecule has 1 aliphatic rings. The van der Waals surface area contributed by atoms with Crippen LogP contribution in [0.2, 0.25) is 5.02 Å². The molecule has 0 N–H and O–H groups in total. The maximum atomic E-state index is 13.7. The van der Waals surface area contributed by atoms with Crippen molar-refractivity contribution in [3.05, 3.63) is 74.4 Å². The molecule has 0 saturated heterocycles. The predicted molar refractivity (Wildman–Crippen MR) is 123 cm³/mol. The fourth-order valence-corrected chi connectivity index (χ4v) is 4.41. The fourth-order valence-electron chi connectivity index (χ4n) is 4.15. The number of anilines is 1. The van der Waals surface area contributed by atoms with Crippen molar-refractivity contribution in [1.29, 1.82) is 0 Å². The summed E-state index contributed by atoms with van der Waals surface area (Å²) in [6, 6.07) is 1.78. The Morgan fingerprint density at radius 1 is 1.22 bits per heavy atom. The molecule has 192 valence electrons. The minimum absolute atomic E-state index is 0.0611. The monoisotopic (exact) mass is 527 g/mol. The number of fused-ring (bicyclic) bond motifs is 1. The molecule has 0 saturated carbocycles. The van der Waals surface area contributed by atoms with Crippen LogP contribution < -0.4 is 10.5 Å². The molecule has 1 aromatic carbocycles. The molecular weight excluding hydrogens is 506 g/mol. The lowest BCUT2D eigenvalue weighted by atomic mass is 10.0. The number of hydrogen-bond donors (Lipinski definition) is 0. The van der Waals surface area contributed by atoms with Crippen LogP contribution >= 0.6 is 11.6 Å².